The molecule has 1 N–H and O–H groups in total. The molecular weight excluding hydrogens is 308 g/mol. The topological polar surface area (TPSA) is 34.1 Å². The minimum absolute atomic E-state index is 0.267. The number of fused-ring (bicyclic) bond motifs is 1. The van der Waals surface area contributed by atoms with Gasteiger partial charge in [0, 0.05) is 23.8 Å². The summed E-state index contributed by atoms with van der Waals surface area (Å²) in [5, 5.41) is 6.49. The van der Waals surface area contributed by atoms with Gasteiger partial charge in [-0.05, 0) is 61.7 Å². The van der Waals surface area contributed by atoms with Gasteiger partial charge in [0.2, 0.25) is 0 Å². The molecule has 1 aliphatic carbocycles. The largest absolute Gasteiger partial charge is 0.489 e. The molecule has 0 radical (unpaired) electrons. The predicted octanol–water partition coefficient (Wildman–Crippen LogP) is 4.82. The second kappa shape index (κ2) is 7.50. The Bertz CT molecular complexity index is 651. The summed E-state index contributed by atoms with van der Waals surface area (Å²) in [7, 11) is 0. The number of nitrogens with zero attached hydrogens (tertiary/aromatic N) is 1. The predicted molar refractivity (Wildman–Crippen MR) is 96.3 cm³/mol. The third-order valence-electron chi connectivity index (χ3n) is 4.47. The number of benzene rings is 1. The molecule has 1 heterocycles. The third kappa shape index (κ3) is 4.36. The van der Waals surface area contributed by atoms with Gasteiger partial charge < -0.3 is 10.1 Å². The Morgan fingerprint density at radius 3 is 2.74 bits per heavy atom. The molecule has 1 aromatic carbocycles. The maximum absolute atomic E-state index is 6.37. The Kier molecular flexibility index (Phi) is 5.39. The number of pyridine rings is 1. The second-order valence-electron chi connectivity index (χ2n) is 6.90. The number of rotatable bonds is 5. The Morgan fingerprint density at radius 1 is 1.22 bits per heavy atom. The van der Waals surface area contributed by atoms with Crippen LogP contribution in [0.5, 0.6) is 5.75 Å². The van der Waals surface area contributed by atoms with Crippen molar-refractivity contribution in [3.63, 3.8) is 0 Å². The molecule has 0 unspecified atom stereocenters. The quantitative estimate of drug-likeness (QED) is 0.852. The summed E-state index contributed by atoms with van der Waals surface area (Å²) in [5.74, 6) is 1.50. The number of ether oxygens (including phenoxy) is 1. The standard InChI is InChI=1S/C19H25ClN2O/c1-13(2)11-22-16-3-5-17(6-4-16)23-19-10-14-7-8-21-12-15(14)9-18(19)20/h7-10,12-13,16-17,22H,3-6,11H2,1-2H3. The Labute approximate surface area is 143 Å². The summed E-state index contributed by atoms with van der Waals surface area (Å²) < 4.78 is 6.19. The van der Waals surface area contributed by atoms with Crippen LogP contribution in [-0.4, -0.2) is 23.7 Å². The SMILES string of the molecule is CC(C)CNC1CCC(Oc2cc3ccncc3cc2Cl)CC1. The van der Waals surface area contributed by atoms with Crippen LogP contribution in [0.25, 0.3) is 10.8 Å². The molecule has 0 aliphatic heterocycles. The number of nitrogens with one attached hydrogen (secondary N) is 1. The average Bonchev–Trinajstić information content (AvgIpc) is 2.55. The molecule has 3 nitrogen and oxygen atoms in total. The number of halogens is 1. The van der Waals surface area contributed by atoms with E-state index in [2.05, 4.69) is 24.1 Å². The van der Waals surface area contributed by atoms with Gasteiger partial charge in [0.25, 0.3) is 0 Å². The molecule has 23 heavy (non-hydrogen) atoms. The molecule has 0 saturated heterocycles. The molecule has 2 aromatic rings. The lowest BCUT2D eigenvalue weighted by Crippen LogP contribution is -2.37. The summed E-state index contributed by atoms with van der Waals surface area (Å²) in [6, 6.07) is 6.60. The van der Waals surface area contributed by atoms with Crippen molar-refractivity contribution in [2.24, 2.45) is 5.92 Å². The van der Waals surface area contributed by atoms with Crippen molar-refractivity contribution in [3.8, 4) is 5.75 Å². The van der Waals surface area contributed by atoms with Gasteiger partial charge in [-0.1, -0.05) is 25.4 Å². The zero-order valence-electron chi connectivity index (χ0n) is 13.9. The van der Waals surface area contributed by atoms with Crippen LogP contribution in [0.3, 0.4) is 0 Å². The van der Waals surface area contributed by atoms with Crippen molar-refractivity contribution < 1.29 is 4.74 Å². The lowest BCUT2D eigenvalue weighted by molar-refractivity contribution is 0.139. The first-order valence-electron chi connectivity index (χ1n) is 8.55. The van der Waals surface area contributed by atoms with Crippen LogP contribution in [0.4, 0.5) is 0 Å². The average molecular weight is 333 g/mol. The first kappa shape index (κ1) is 16.5. The van der Waals surface area contributed by atoms with E-state index in [9.17, 15) is 0 Å². The van der Waals surface area contributed by atoms with E-state index in [1.165, 1.54) is 12.8 Å². The van der Waals surface area contributed by atoms with E-state index in [-0.39, 0.29) is 6.10 Å². The van der Waals surface area contributed by atoms with Crippen molar-refractivity contribution in [2.75, 3.05) is 6.54 Å². The molecule has 1 aromatic heterocycles. The zero-order chi connectivity index (χ0) is 16.2. The fourth-order valence-corrected chi connectivity index (χ4v) is 3.36. The lowest BCUT2D eigenvalue weighted by Gasteiger charge is -2.30. The minimum Gasteiger partial charge on any atom is -0.489 e. The van der Waals surface area contributed by atoms with Crippen LogP contribution in [0.1, 0.15) is 39.5 Å². The molecule has 1 aliphatic rings. The van der Waals surface area contributed by atoms with Gasteiger partial charge in [0.15, 0.2) is 0 Å². The van der Waals surface area contributed by atoms with Gasteiger partial charge in [-0.25, -0.2) is 0 Å². The van der Waals surface area contributed by atoms with Crippen LogP contribution < -0.4 is 10.1 Å². The van der Waals surface area contributed by atoms with Crippen LogP contribution >= 0.6 is 11.6 Å². The lowest BCUT2D eigenvalue weighted by atomic mass is 9.92. The zero-order valence-corrected chi connectivity index (χ0v) is 14.6. The normalized spacial score (nSPS) is 21.7. The monoisotopic (exact) mass is 332 g/mol. The van der Waals surface area contributed by atoms with Gasteiger partial charge in [-0.2, -0.15) is 0 Å². The molecule has 0 amide bonds. The summed E-state index contributed by atoms with van der Waals surface area (Å²) in [5.41, 5.74) is 0. The van der Waals surface area contributed by atoms with Crippen LogP contribution in [0.2, 0.25) is 5.02 Å². The summed E-state index contributed by atoms with van der Waals surface area (Å²) >= 11 is 6.37. The van der Waals surface area contributed by atoms with Gasteiger partial charge in [0.05, 0.1) is 11.1 Å². The van der Waals surface area contributed by atoms with Gasteiger partial charge in [0.1, 0.15) is 5.75 Å². The maximum atomic E-state index is 6.37. The highest BCUT2D eigenvalue weighted by molar-refractivity contribution is 6.32. The van der Waals surface area contributed by atoms with Gasteiger partial charge >= 0.3 is 0 Å². The molecule has 0 bridgehead atoms. The Balaban J connectivity index is 1.59. The first-order valence-corrected chi connectivity index (χ1v) is 8.93. The van der Waals surface area contributed by atoms with Crippen LogP contribution in [0.15, 0.2) is 30.6 Å². The molecule has 3 rings (SSSR count). The molecule has 0 spiro atoms. The van der Waals surface area contributed by atoms with Crippen molar-refractivity contribution >= 4 is 22.4 Å². The molecular formula is C19H25ClN2O. The third-order valence-corrected chi connectivity index (χ3v) is 4.77. The molecule has 124 valence electrons. The van der Waals surface area contributed by atoms with E-state index in [1.807, 2.05) is 24.4 Å². The van der Waals surface area contributed by atoms with Crippen LogP contribution in [-0.2, 0) is 0 Å². The van der Waals surface area contributed by atoms with E-state index in [0.717, 1.165) is 35.9 Å². The highest BCUT2D eigenvalue weighted by Gasteiger charge is 2.23. The summed E-state index contributed by atoms with van der Waals surface area (Å²) in [4.78, 5) is 4.13. The summed E-state index contributed by atoms with van der Waals surface area (Å²) in [6.45, 7) is 5.60. The fourth-order valence-electron chi connectivity index (χ4n) is 3.14. The van der Waals surface area contributed by atoms with Gasteiger partial charge in [-0.15, -0.1) is 0 Å². The Hall–Kier alpha value is -1.32. The van der Waals surface area contributed by atoms with E-state index >= 15 is 0 Å². The maximum Gasteiger partial charge on any atom is 0.138 e. The summed E-state index contributed by atoms with van der Waals surface area (Å²) in [6.07, 6.45) is 8.41. The fraction of sp³-hybridized carbons (Fsp3) is 0.526. The number of hydrogen-bond acceptors (Lipinski definition) is 3. The molecule has 0 atom stereocenters. The van der Waals surface area contributed by atoms with Crippen molar-refractivity contribution in [1.29, 1.82) is 0 Å². The van der Waals surface area contributed by atoms with E-state index < -0.39 is 0 Å². The van der Waals surface area contributed by atoms with Crippen molar-refractivity contribution in [1.82, 2.24) is 10.3 Å². The number of aromatic nitrogens is 1. The Morgan fingerprint density at radius 2 is 2.00 bits per heavy atom. The first-order chi connectivity index (χ1) is 11.1. The highest BCUT2D eigenvalue weighted by Crippen LogP contribution is 2.32. The number of hydrogen-bond donors (Lipinski definition) is 1. The van der Waals surface area contributed by atoms with E-state index in [4.69, 9.17) is 16.3 Å². The smallest absolute Gasteiger partial charge is 0.138 e. The van der Waals surface area contributed by atoms with Crippen molar-refractivity contribution in [3.05, 3.63) is 35.6 Å². The van der Waals surface area contributed by atoms with E-state index in [1.54, 1.807) is 6.20 Å². The van der Waals surface area contributed by atoms with E-state index in [0.29, 0.717) is 17.0 Å². The minimum atomic E-state index is 0.267. The highest BCUT2D eigenvalue weighted by atomic mass is 35.5. The van der Waals surface area contributed by atoms with Gasteiger partial charge in [-0.3, -0.25) is 4.98 Å². The van der Waals surface area contributed by atoms with Crippen LogP contribution in [0, 0.1) is 5.92 Å². The molecule has 4 heteroatoms. The molecule has 1 saturated carbocycles. The second-order valence-corrected chi connectivity index (χ2v) is 7.31. The molecule has 1 fully saturated rings. The van der Waals surface area contributed by atoms with Crippen molar-refractivity contribution in [2.45, 2.75) is 51.7 Å².